The Morgan fingerprint density at radius 3 is 2.67 bits per heavy atom. The van der Waals surface area contributed by atoms with Gasteiger partial charge in [0.25, 0.3) is 0 Å². The maximum atomic E-state index is 6.47. The molecule has 0 aromatic heterocycles. The van der Waals surface area contributed by atoms with E-state index in [2.05, 4.69) is 39.0 Å². The molecular formula is C16H25NO. The zero-order chi connectivity index (χ0) is 13.1. The highest BCUT2D eigenvalue weighted by Gasteiger charge is 2.31. The highest BCUT2D eigenvalue weighted by atomic mass is 16.5. The van der Waals surface area contributed by atoms with Gasteiger partial charge in [0.15, 0.2) is 0 Å². The molecule has 3 atom stereocenters. The third kappa shape index (κ3) is 2.60. The molecule has 2 N–H and O–H groups in total. The Bertz CT molecular complexity index is 402. The van der Waals surface area contributed by atoms with Crippen LogP contribution in [0.5, 0.6) is 0 Å². The molecule has 100 valence electrons. The monoisotopic (exact) mass is 247 g/mol. The molecule has 0 spiro atoms. The van der Waals surface area contributed by atoms with E-state index in [4.69, 9.17) is 10.5 Å². The minimum Gasteiger partial charge on any atom is -0.376 e. The van der Waals surface area contributed by atoms with Gasteiger partial charge in [-0.1, -0.05) is 39.0 Å². The van der Waals surface area contributed by atoms with Crippen molar-refractivity contribution in [2.24, 2.45) is 11.7 Å². The van der Waals surface area contributed by atoms with E-state index in [0.29, 0.717) is 5.92 Å². The number of aryl methyl sites for hydroxylation is 2. The number of ether oxygens (including phenoxy) is 1. The summed E-state index contributed by atoms with van der Waals surface area (Å²) in [6, 6.07) is 6.74. The Morgan fingerprint density at radius 1 is 1.33 bits per heavy atom. The molecule has 2 heteroatoms. The Morgan fingerprint density at radius 2 is 2.11 bits per heavy atom. The first-order valence-electron chi connectivity index (χ1n) is 7.16. The van der Waals surface area contributed by atoms with Gasteiger partial charge in [-0.25, -0.2) is 0 Å². The lowest BCUT2D eigenvalue weighted by Gasteiger charge is -2.25. The van der Waals surface area contributed by atoms with Gasteiger partial charge >= 0.3 is 0 Å². The highest BCUT2D eigenvalue weighted by molar-refractivity contribution is 5.35. The highest BCUT2D eigenvalue weighted by Crippen LogP contribution is 2.31. The van der Waals surface area contributed by atoms with Gasteiger partial charge in [0.05, 0.1) is 12.1 Å². The summed E-state index contributed by atoms with van der Waals surface area (Å²) in [5, 5.41) is 0. The van der Waals surface area contributed by atoms with Crippen LogP contribution in [0.1, 0.15) is 49.9 Å². The first kappa shape index (κ1) is 13.6. The molecule has 1 aliphatic heterocycles. The lowest BCUT2D eigenvalue weighted by atomic mass is 9.88. The largest absolute Gasteiger partial charge is 0.376 e. The Hall–Kier alpha value is -0.860. The smallest absolute Gasteiger partial charge is 0.0793 e. The number of benzene rings is 1. The second kappa shape index (κ2) is 5.85. The lowest BCUT2D eigenvalue weighted by Crippen LogP contribution is -2.30. The molecule has 2 rings (SSSR count). The summed E-state index contributed by atoms with van der Waals surface area (Å²) in [5.41, 5.74) is 10.5. The van der Waals surface area contributed by atoms with E-state index in [1.165, 1.54) is 16.7 Å². The second-order valence-corrected chi connectivity index (χ2v) is 5.37. The molecule has 0 aliphatic carbocycles. The summed E-state index contributed by atoms with van der Waals surface area (Å²) in [6.07, 6.45) is 3.41. The molecular weight excluding hydrogens is 222 g/mol. The summed E-state index contributed by atoms with van der Waals surface area (Å²) < 4.78 is 5.83. The zero-order valence-corrected chi connectivity index (χ0v) is 11.8. The van der Waals surface area contributed by atoms with Crippen LogP contribution >= 0.6 is 0 Å². The Balaban J connectivity index is 2.29. The average molecular weight is 247 g/mol. The molecule has 0 radical (unpaired) electrons. The maximum Gasteiger partial charge on any atom is 0.0793 e. The van der Waals surface area contributed by atoms with Crippen molar-refractivity contribution < 1.29 is 4.74 Å². The fraction of sp³-hybridized carbons (Fsp3) is 0.625. The van der Waals surface area contributed by atoms with Crippen molar-refractivity contribution in [3.63, 3.8) is 0 Å². The van der Waals surface area contributed by atoms with Crippen molar-refractivity contribution in [2.45, 2.75) is 52.2 Å². The first-order valence-corrected chi connectivity index (χ1v) is 7.16. The zero-order valence-electron chi connectivity index (χ0n) is 11.8. The quantitative estimate of drug-likeness (QED) is 0.886. The molecule has 1 aromatic carbocycles. The first-order chi connectivity index (χ1) is 8.67. The van der Waals surface area contributed by atoms with E-state index in [9.17, 15) is 0 Å². The van der Waals surface area contributed by atoms with Gasteiger partial charge in [-0.3, -0.25) is 0 Å². The molecule has 0 saturated carbocycles. The van der Waals surface area contributed by atoms with Crippen molar-refractivity contribution in [2.75, 3.05) is 6.61 Å². The van der Waals surface area contributed by atoms with Crippen LogP contribution in [0.15, 0.2) is 18.2 Å². The number of hydrogen-bond donors (Lipinski definition) is 1. The van der Waals surface area contributed by atoms with Crippen LogP contribution in [0.3, 0.4) is 0 Å². The molecule has 0 amide bonds. The van der Waals surface area contributed by atoms with E-state index < -0.39 is 0 Å². The second-order valence-electron chi connectivity index (χ2n) is 5.37. The summed E-state index contributed by atoms with van der Waals surface area (Å²) in [5.74, 6) is 0.565. The van der Waals surface area contributed by atoms with Gasteiger partial charge in [-0.05, 0) is 41.9 Å². The summed E-state index contributed by atoms with van der Waals surface area (Å²) in [7, 11) is 0. The molecule has 18 heavy (non-hydrogen) atoms. The van der Waals surface area contributed by atoms with Crippen molar-refractivity contribution in [1.82, 2.24) is 0 Å². The van der Waals surface area contributed by atoms with Crippen molar-refractivity contribution in [3.05, 3.63) is 34.9 Å². The van der Waals surface area contributed by atoms with E-state index in [1.807, 2.05) is 0 Å². The fourth-order valence-electron chi connectivity index (χ4n) is 2.85. The van der Waals surface area contributed by atoms with Crippen molar-refractivity contribution in [3.8, 4) is 0 Å². The molecule has 1 aliphatic rings. The molecule has 1 saturated heterocycles. The number of rotatable bonds is 4. The van der Waals surface area contributed by atoms with Crippen LogP contribution in [-0.2, 0) is 17.6 Å². The van der Waals surface area contributed by atoms with Gasteiger partial charge in [0, 0.05) is 6.61 Å². The van der Waals surface area contributed by atoms with Gasteiger partial charge in [-0.15, -0.1) is 0 Å². The van der Waals surface area contributed by atoms with E-state index in [1.54, 1.807) is 0 Å². The van der Waals surface area contributed by atoms with E-state index in [-0.39, 0.29) is 12.1 Å². The van der Waals surface area contributed by atoms with Gasteiger partial charge in [0.1, 0.15) is 0 Å². The van der Waals surface area contributed by atoms with E-state index in [0.717, 1.165) is 25.9 Å². The molecule has 3 unspecified atom stereocenters. The van der Waals surface area contributed by atoms with Crippen LogP contribution in [0, 0.1) is 5.92 Å². The third-order valence-corrected chi connectivity index (χ3v) is 4.16. The fourth-order valence-corrected chi connectivity index (χ4v) is 2.85. The van der Waals surface area contributed by atoms with Gasteiger partial charge in [-0.2, -0.15) is 0 Å². The van der Waals surface area contributed by atoms with Gasteiger partial charge in [0.2, 0.25) is 0 Å². The summed E-state index contributed by atoms with van der Waals surface area (Å²) in [6.45, 7) is 7.47. The third-order valence-electron chi connectivity index (χ3n) is 4.16. The molecule has 2 nitrogen and oxygen atoms in total. The minimum atomic E-state index is 0.0175. The predicted octanol–water partition coefficient (Wildman–Crippen LogP) is 3.24. The molecule has 1 aromatic rings. The van der Waals surface area contributed by atoms with Crippen molar-refractivity contribution >= 4 is 0 Å². The SMILES string of the molecule is CCc1ccc(CC)c(C(N)C2OCCC2C)c1. The molecule has 0 bridgehead atoms. The van der Waals surface area contributed by atoms with Crippen molar-refractivity contribution in [1.29, 1.82) is 0 Å². The van der Waals surface area contributed by atoms with Crippen LogP contribution in [0.25, 0.3) is 0 Å². The van der Waals surface area contributed by atoms with E-state index >= 15 is 0 Å². The summed E-state index contributed by atoms with van der Waals surface area (Å²) in [4.78, 5) is 0. The summed E-state index contributed by atoms with van der Waals surface area (Å²) >= 11 is 0. The Kier molecular flexibility index (Phi) is 4.41. The average Bonchev–Trinajstić information content (AvgIpc) is 2.83. The molecule has 1 heterocycles. The van der Waals surface area contributed by atoms with Gasteiger partial charge < -0.3 is 10.5 Å². The minimum absolute atomic E-state index is 0.0175. The predicted molar refractivity (Wildman–Crippen MR) is 75.6 cm³/mol. The van der Waals surface area contributed by atoms with Crippen LogP contribution in [0.4, 0.5) is 0 Å². The standard InChI is InChI=1S/C16H25NO/c1-4-12-6-7-13(5-2)14(10-12)15(17)16-11(3)8-9-18-16/h6-7,10-11,15-16H,4-5,8-9,17H2,1-3H3. The maximum absolute atomic E-state index is 6.47. The number of nitrogens with two attached hydrogens (primary N) is 1. The molecule has 1 fully saturated rings. The normalized spacial score (nSPS) is 25.3. The van der Waals surface area contributed by atoms with Crippen LogP contribution in [-0.4, -0.2) is 12.7 Å². The lowest BCUT2D eigenvalue weighted by molar-refractivity contribution is 0.0722. The Labute approximate surface area is 111 Å². The van der Waals surface area contributed by atoms with Crippen LogP contribution < -0.4 is 5.73 Å². The van der Waals surface area contributed by atoms with Crippen LogP contribution in [0.2, 0.25) is 0 Å². The topological polar surface area (TPSA) is 35.2 Å². The number of hydrogen-bond acceptors (Lipinski definition) is 2.